The summed E-state index contributed by atoms with van der Waals surface area (Å²) in [7, 11) is -2.41. The predicted molar refractivity (Wildman–Crippen MR) is 72.3 cm³/mol. The van der Waals surface area contributed by atoms with Crippen molar-refractivity contribution in [3.05, 3.63) is 42.5 Å². The van der Waals surface area contributed by atoms with Gasteiger partial charge in [-0.05, 0) is 18.6 Å². The van der Waals surface area contributed by atoms with Crippen LogP contribution >= 0.6 is 0 Å². The lowest BCUT2D eigenvalue weighted by Gasteiger charge is -2.29. The van der Waals surface area contributed by atoms with Gasteiger partial charge in [0.25, 0.3) is 0 Å². The molecule has 1 aliphatic carbocycles. The van der Waals surface area contributed by atoms with Crippen molar-refractivity contribution >= 4 is 16.0 Å². The van der Waals surface area contributed by atoms with Gasteiger partial charge in [0.15, 0.2) is 0 Å². The molecule has 1 saturated heterocycles. The van der Waals surface area contributed by atoms with Crippen LogP contribution in [0.4, 0.5) is 0 Å². The van der Waals surface area contributed by atoms with E-state index < -0.39 is 22.0 Å². The summed E-state index contributed by atoms with van der Waals surface area (Å²) in [6.07, 6.45) is 4.40. The molecular formula is C14H15NO4S. The van der Waals surface area contributed by atoms with Gasteiger partial charge >= 0.3 is 5.97 Å². The highest BCUT2D eigenvalue weighted by atomic mass is 32.2. The lowest BCUT2D eigenvalue weighted by Crippen LogP contribution is -2.47. The fourth-order valence-electron chi connectivity index (χ4n) is 2.97. The van der Waals surface area contributed by atoms with Crippen LogP contribution in [0.5, 0.6) is 0 Å². The Morgan fingerprint density at radius 1 is 1.25 bits per heavy atom. The van der Waals surface area contributed by atoms with Gasteiger partial charge in [0.2, 0.25) is 10.0 Å². The number of carbonyl (C=O) groups is 1. The lowest BCUT2D eigenvalue weighted by atomic mass is 10.0. The fraction of sp³-hybridized carbons (Fsp3) is 0.357. The van der Waals surface area contributed by atoms with Crippen LogP contribution < -0.4 is 0 Å². The third-order valence-corrected chi connectivity index (χ3v) is 5.78. The molecule has 0 aromatic heterocycles. The van der Waals surface area contributed by atoms with Crippen molar-refractivity contribution in [2.45, 2.75) is 23.4 Å². The Kier molecular flexibility index (Phi) is 3.14. The maximum atomic E-state index is 12.7. The van der Waals surface area contributed by atoms with Crippen molar-refractivity contribution in [1.29, 1.82) is 0 Å². The molecule has 0 amide bonds. The highest BCUT2D eigenvalue weighted by Crippen LogP contribution is 2.41. The minimum absolute atomic E-state index is 0.0917. The number of esters is 1. The molecule has 3 rings (SSSR count). The maximum Gasteiger partial charge on any atom is 0.324 e. The maximum absolute atomic E-state index is 12.7. The van der Waals surface area contributed by atoms with Crippen molar-refractivity contribution < 1.29 is 17.9 Å². The quantitative estimate of drug-likeness (QED) is 0.620. The molecule has 5 nitrogen and oxygen atoms in total. The first-order valence-electron chi connectivity index (χ1n) is 6.40. The number of hydrogen-bond acceptors (Lipinski definition) is 4. The summed E-state index contributed by atoms with van der Waals surface area (Å²) in [6.45, 7) is 0. The van der Waals surface area contributed by atoms with Gasteiger partial charge in [0, 0.05) is 12.0 Å². The van der Waals surface area contributed by atoms with Crippen LogP contribution in [-0.4, -0.2) is 37.9 Å². The van der Waals surface area contributed by atoms with Crippen LogP contribution in [-0.2, 0) is 19.6 Å². The van der Waals surface area contributed by atoms with E-state index in [1.807, 2.05) is 12.2 Å². The van der Waals surface area contributed by atoms with Gasteiger partial charge in [-0.3, -0.25) is 4.79 Å². The summed E-state index contributed by atoms with van der Waals surface area (Å²) < 4.78 is 31.5. The molecule has 0 N–H and O–H groups in total. The lowest BCUT2D eigenvalue weighted by molar-refractivity contribution is -0.145. The number of hydrogen-bond donors (Lipinski definition) is 0. The Labute approximate surface area is 117 Å². The second kappa shape index (κ2) is 4.71. The smallest absolute Gasteiger partial charge is 0.324 e. The number of nitrogens with zero attached hydrogens (tertiary/aromatic N) is 1. The van der Waals surface area contributed by atoms with Crippen LogP contribution in [0.2, 0.25) is 0 Å². The van der Waals surface area contributed by atoms with Crippen LogP contribution in [0.1, 0.15) is 6.42 Å². The molecule has 2 bridgehead atoms. The van der Waals surface area contributed by atoms with E-state index in [1.54, 1.807) is 30.3 Å². The van der Waals surface area contributed by atoms with Crippen LogP contribution in [0.25, 0.3) is 0 Å². The molecule has 0 spiro atoms. The van der Waals surface area contributed by atoms with Crippen LogP contribution in [0, 0.1) is 5.92 Å². The van der Waals surface area contributed by atoms with Gasteiger partial charge in [0.05, 0.1) is 12.0 Å². The van der Waals surface area contributed by atoms with E-state index in [1.165, 1.54) is 11.4 Å². The molecular weight excluding hydrogens is 278 g/mol. The summed E-state index contributed by atoms with van der Waals surface area (Å²) in [5, 5.41) is 0. The van der Waals surface area contributed by atoms with Crippen molar-refractivity contribution in [2.75, 3.05) is 7.11 Å². The number of ether oxygens (including phenoxy) is 1. The molecule has 2 aliphatic rings. The average molecular weight is 293 g/mol. The number of rotatable bonds is 3. The van der Waals surface area contributed by atoms with Gasteiger partial charge in [-0.2, -0.15) is 4.31 Å². The van der Waals surface area contributed by atoms with Gasteiger partial charge in [-0.1, -0.05) is 30.4 Å². The normalized spacial score (nSPS) is 28.8. The Morgan fingerprint density at radius 2 is 1.95 bits per heavy atom. The van der Waals surface area contributed by atoms with Crippen molar-refractivity contribution in [2.24, 2.45) is 5.92 Å². The van der Waals surface area contributed by atoms with Gasteiger partial charge in [-0.15, -0.1) is 0 Å². The Hall–Kier alpha value is -1.66. The van der Waals surface area contributed by atoms with E-state index in [-0.39, 0.29) is 16.9 Å². The monoisotopic (exact) mass is 293 g/mol. The second-order valence-corrected chi connectivity index (χ2v) is 6.81. The molecule has 3 atom stereocenters. The van der Waals surface area contributed by atoms with Crippen molar-refractivity contribution in [3.8, 4) is 0 Å². The third kappa shape index (κ3) is 1.87. The Bertz CT molecular complexity index is 653. The molecule has 3 unspecified atom stereocenters. The topological polar surface area (TPSA) is 63.7 Å². The highest BCUT2D eigenvalue weighted by molar-refractivity contribution is 7.89. The van der Waals surface area contributed by atoms with E-state index >= 15 is 0 Å². The minimum Gasteiger partial charge on any atom is -0.468 e. The molecule has 1 aromatic rings. The van der Waals surface area contributed by atoms with E-state index in [4.69, 9.17) is 4.74 Å². The first-order valence-corrected chi connectivity index (χ1v) is 7.84. The molecule has 0 saturated carbocycles. The molecule has 106 valence electrons. The number of methoxy groups -OCH3 is 1. The SMILES string of the molecule is COC(=O)C1C2C=CC(C2)N1S(=O)(=O)c1ccccc1. The Morgan fingerprint density at radius 3 is 2.60 bits per heavy atom. The molecule has 1 aromatic carbocycles. The van der Waals surface area contributed by atoms with E-state index in [0.29, 0.717) is 6.42 Å². The Balaban J connectivity index is 2.04. The van der Waals surface area contributed by atoms with Gasteiger partial charge in [-0.25, -0.2) is 8.42 Å². The highest BCUT2D eigenvalue weighted by Gasteiger charge is 2.52. The average Bonchev–Trinajstić information content (AvgIpc) is 3.08. The van der Waals surface area contributed by atoms with Crippen molar-refractivity contribution in [1.82, 2.24) is 4.31 Å². The molecule has 0 radical (unpaired) electrons. The zero-order valence-electron chi connectivity index (χ0n) is 11.0. The summed E-state index contributed by atoms with van der Waals surface area (Å²) in [6, 6.07) is 7.18. The molecule has 6 heteroatoms. The number of fused-ring (bicyclic) bond motifs is 2. The number of sulfonamides is 1. The van der Waals surface area contributed by atoms with Crippen LogP contribution in [0.3, 0.4) is 0 Å². The third-order valence-electron chi connectivity index (χ3n) is 3.86. The number of benzene rings is 1. The van der Waals surface area contributed by atoms with Gasteiger partial charge < -0.3 is 4.74 Å². The van der Waals surface area contributed by atoms with Crippen molar-refractivity contribution in [3.63, 3.8) is 0 Å². The second-order valence-electron chi connectivity index (χ2n) is 4.97. The standard InChI is InChI=1S/C14H15NO4S/c1-19-14(16)13-10-7-8-11(9-10)15(13)20(17,18)12-5-3-2-4-6-12/h2-8,10-11,13H,9H2,1H3. The largest absolute Gasteiger partial charge is 0.468 e. The van der Waals surface area contributed by atoms with Crippen LogP contribution in [0.15, 0.2) is 47.4 Å². The summed E-state index contributed by atoms with van der Waals surface area (Å²) in [5.74, 6) is -0.590. The summed E-state index contributed by atoms with van der Waals surface area (Å²) >= 11 is 0. The van der Waals surface area contributed by atoms with E-state index in [2.05, 4.69) is 0 Å². The van der Waals surface area contributed by atoms with E-state index in [9.17, 15) is 13.2 Å². The molecule has 1 fully saturated rings. The zero-order chi connectivity index (χ0) is 14.3. The van der Waals surface area contributed by atoms with Gasteiger partial charge in [0.1, 0.15) is 6.04 Å². The summed E-state index contributed by atoms with van der Waals surface area (Å²) in [5.41, 5.74) is 0. The molecule has 1 aliphatic heterocycles. The minimum atomic E-state index is -3.69. The first kappa shape index (κ1) is 13.3. The molecule has 20 heavy (non-hydrogen) atoms. The summed E-state index contributed by atoms with van der Waals surface area (Å²) in [4.78, 5) is 12.1. The molecule has 1 heterocycles. The predicted octanol–water partition coefficient (Wildman–Crippen LogP) is 1.18. The number of carbonyl (C=O) groups excluding carboxylic acids is 1. The fourth-order valence-corrected chi connectivity index (χ4v) is 4.76. The van der Waals surface area contributed by atoms with E-state index in [0.717, 1.165) is 0 Å². The zero-order valence-corrected chi connectivity index (χ0v) is 11.8. The first-order chi connectivity index (χ1) is 9.55.